The molecule has 0 spiro atoms. The molecule has 0 aliphatic rings. The maximum atomic E-state index is 4.49. The van der Waals surface area contributed by atoms with Crippen molar-refractivity contribution in [3.05, 3.63) is 35.4 Å². The summed E-state index contributed by atoms with van der Waals surface area (Å²) in [6.07, 6.45) is 0. The van der Waals surface area contributed by atoms with Gasteiger partial charge in [-0.2, -0.15) is 5.48 Å². The van der Waals surface area contributed by atoms with Crippen LogP contribution in [0.2, 0.25) is 0 Å². The summed E-state index contributed by atoms with van der Waals surface area (Å²) in [5.74, 6) is 0. The summed E-state index contributed by atoms with van der Waals surface area (Å²) in [5, 5.41) is 0. The van der Waals surface area contributed by atoms with E-state index in [1.807, 2.05) is 19.1 Å². The molecule has 0 radical (unpaired) electrons. The molecule has 1 N–H and O–H groups in total. The lowest BCUT2D eigenvalue weighted by Crippen LogP contribution is -2.17. The highest BCUT2D eigenvalue weighted by Gasteiger charge is 2.03. The van der Waals surface area contributed by atoms with E-state index in [0.717, 1.165) is 5.56 Å². The van der Waals surface area contributed by atoms with Crippen LogP contribution in [-0.4, -0.2) is 0 Å². The maximum absolute atomic E-state index is 4.49. The van der Waals surface area contributed by atoms with Gasteiger partial charge in [-0.3, -0.25) is 0 Å². The van der Waals surface area contributed by atoms with E-state index in [1.54, 1.807) is 0 Å². The summed E-state index contributed by atoms with van der Waals surface area (Å²) < 4.78 is 4.14. The fourth-order valence-corrected chi connectivity index (χ4v) is 1.06. The Morgan fingerprint density at radius 2 is 1.92 bits per heavy atom. The standard InChI is InChI=1S/C9H13NO2S/c1-7-3-5-9(6-4-7)8(2)10-11-12-13/h3-6,8,10,13H,1-2H3. The SMILES string of the molecule is Cc1ccc(C(C)NOOS)cc1. The van der Waals surface area contributed by atoms with E-state index in [0.29, 0.717) is 0 Å². The maximum Gasteiger partial charge on any atom is 0.0573 e. The Morgan fingerprint density at radius 3 is 2.46 bits per heavy atom. The van der Waals surface area contributed by atoms with Crippen molar-refractivity contribution in [1.29, 1.82) is 0 Å². The van der Waals surface area contributed by atoms with E-state index in [1.165, 1.54) is 5.56 Å². The van der Waals surface area contributed by atoms with Crippen molar-refractivity contribution in [1.82, 2.24) is 5.48 Å². The molecule has 0 heterocycles. The minimum Gasteiger partial charge on any atom is -0.161 e. The van der Waals surface area contributed by atoms with Gasteiger partial charge in [0.25, 0.3) is 0 Å². The smallest absolute Gasteiger partial charge is 0.0573 e. The normalized spacial score (nSPS) is 12.8. The fraction of sp³-hybridized carbons (Fsp3) is 0.333. The Kier molecular flexibility index (Phi) is 4.24. The lowest BCUT2D eigenvalue weighted by Gasteiger charge is -2.11. The highest BCUT2D eigenvalue weighted by molar-refractivity contribution is 7.74. The predicted octanol–water partition coefficient (Wildman–Crippen LogP) is 2.35. The minimum absolute atomic E-state index is 0.0766. The van der Waals surface area contributed by atoms with Gasteiger partial charge in [-0.15, -0.1) is 9.32 Å². The molecule has 0 bridgehead atoms. The molecule has 0 aromatic heterocycles. The zero-order chi connectivity index (χ0) is 9.68. The van der Waals surface area contributed by atoms with Gasteiger partial charge in [0.15, 0.2) is 0 Å². The Bertz CT molecular complexity index is 250. The molecule has 13 heavy (non-hydrogen) atoms. The molecule has 1 rings (SSSR count). The van der Waals surface area contributed by atoms with Gasteiger partial charge in [0.05, 0.1) is 6.04 Å². The summed E-state index contributed by atoms with van der Waals surface area (Å²) in [6.45, 7) is 4.02. The number of thiol groups is 1. The van der Waals surface area contributed by atoms with Gasteiger partial charge in [-0.05, 0) is 19.4 Å². The van der Waals surface area contributed by atoms with Gasteiger partial charge in [-0.1, -0.05) is 29.8 Å². The number of hydrogen-bond acceptors (Lipinski definition) is 4. The van der Waals surface area contributed by atoms with Crippen molar-refractivity contribution in [2.75, 3.05) is 0 Å². The quantitative estimate of drug-likeness (QED) is 0.338. The minimum atomic E-state index is 0.0766. The average molecular weight is 199 g/mol. The van der Waals surface area contributed by atoms with Gasteiger partial charge >= 0.3 is 0 Å². The van der Waals surface area contributed by atoms with E-state index in [4.69, 9.17) is 0 Å². The Labute approximate surface area is 83.6 Å². The van der Waals surface area contributed by atoms with Crippen LogP contribution in [0.25, 0.3) is 0 Å². The van der Waals surface area contributed by atoms with Crippen LogP contribution in [-0.2, 0) is 9.32 Å². The molecule has 0 fully saturated rings. The third-order valence-corrected chi connectivity index (χ3v) is 1.91. The molecule has 3 nitrogen and oxygen atoms in total. The van der Waals surface area contributed by atoms with E-state index in [-0.39, 0.29) is 6.04 Å². The summed E-state index contributed by atoms with van der Waals surface area (Å²) in [4.78, 5) is 4.49. The van der Waals surface area contributed by atoms with Crippen LogP contribution >= 0.6 is 12.9 Å². The van der Waals surface area contributed by atoms with Crippen LogP contribution in [0.4, 0.5) is 0 Å². The van der Waals surface area contributed by atoms with Crippen molar-refractivity contribution in [3.63, 3.8) is 0 Å². The van der Waals surface area contributed by atoms with Gasteiger partial charge in [0, 0.05) is 12.9 Å². The molecule has 72 valence electrons. The van der Waals surface area contributed by atoms with E-state index in [9.17, 15) is 0 Å². The van der Waals surface area contributed by atoms with Crippen LogP contribution in [0.15, 0.2) is 24.3 Å². The molecule has 1 atom stereocenters. The Balaban J connectivity index is 2.55. The molecular formula is C9H13NO2S. The van der Waals surface area contributed by atoms with Crippen LogP contribution in [0.1, 0.15) is 24.1 Å². The van der Waals surface area contributed by atoms with Crippen molar-refractivity contribution >= 4 is 12.9 Å². The highest BCUT2D eigenvalue weighted by Crippen LogP contribution is 2.12. The van der Waals surface area contributed by atoms with E-state index < -0.39 is 0 Å². The molecule has 1 aromatic rings. The second-order valence-electron chi connectivity index (χ2n) is 2.91. The number of hydroxylamine groups is 1. The summed E-state index contributed by atoms with van der Waals surface area (Å²) in [5.41, 5.74) is 5.04. The van der Waals surface area contributed by atoms with Gasteiger partial charge < -0.3 is 0 Å². The molecule has 0 aliphatic heterocycles. The zero-order valence-corrected chi connectivity index (χ0v) is 8.54. The van der Waals surface area contributed by atoms with Crippen LogP contribution in [0.5, 0.6) is 0 Å². The van der Waals surface area contributed by atoms with Gasteiger partial charge in [-0.25, -0.2) is 0 Å². The first-order valence-corrected chi connectivity index (χ1v) is 4.39. The van der Waals surface area contributed by atoms with Crippen molar-refractivity contribution in [2.45, 2.75) is 19.9 Å². The second kappa shape index (κ2) is 5.24. The number of rotatable bonds is 4. The third kappa shape index (κ3) is 3.36. The van der Waals surface area contributed by atoms with Crippen LogP contribution in [0, 0.1) is 6.92 Å². The third-order valence-electron chi connectivity index (χ3n) is 1.84. The first-order valence-electron chi connectivity index (χ1n) is 4.03. The topological polar surface area (TPSA) is 30.5 Å². The Morgan fingerprint density at radius 1 is 1.31 bits per heavy atom. The number of benzene rings is 1. The van der Waals surface area contributed by atoms with Gasteiger partial charge in [0.2, 0.25) is 0 Å². The molecular weight excluding hydrogens is 186 g/mol. The molecule has 1 unspecified atom stereocenters. The average Bonchev–Trinajstić information content (AvgIpc) is 2.15. The van der Waals surface area contributed by atoms with E-state index >= 15 is 0 Å². The number of aryl methyl sites for hydroxylation is 1. The monoisotopic (exact) mass is 199 g/mol. The predicted molar refractivity (Wildman–Crippen MR) is 53.9 cm³/mol. The molecule has 4 heteroatoms. The van der Waals surface area contributed by atoms with Crippen molar-refractivity contribution < 1.29 is 9.32 Å². The zero-order valence-electron chi connectivity index (χ0n) is 7.65. The number of hydrogen-bond donors (Lipinski definition) is 2. The van der Waals surface area contributed by atoms with E-state index in [2.05, 4.69) is 46.8 Å². The molecule has 0 aliphatic carbocycles. The number of nitrogens with one attached hydrogen (secondary N) is 1. The molecule has 0 amide bonds. The molecule has 0 saturated heterocycles. The summed E-state index contributed by atoms with van der Waals surface area (Å²) in [7, 11) is 0. The lowest BCUT2D eigenvalue weighted by molar-refractivity contribution is -0.251. The van der Waals surface area contributed by atoms with Crippen molar-refractivity contribution in [2.24, 2.45) is 0 Å². The van der Waals surface area contributed by atoms with Gasteiger partial charge in [0.1, 0.15) is 0 Å². The summed E-state index contributed by atoms with van der Waals surface area (Å²) in [6, 6.07) is 8.25. The first-order chi connectivity index (χ1) is 6.24. The Hall–Kier alpha value is -0.550. The second-order valence-corrected chi connectivity index (χ2v) is 3.06. The highest BCUT2D eigenvalue weighted by atomic mass is 32.1. The first kappa shape index (κ1) is 10.5. The molecule has 0 saturated carbocycles. The largest absolute Gasteiger partial charge is 0.161 e. The van der Waals surface area contributed by atoms with Crippen molar-refractivity contribution in [3.8, 4) is 0 Å². The van der Waals surface area contributed by atoms with Crippen LogP contribution < -0.4 is 5.48 Å². The summed E-state index contributed by atoms with van der Waals surface area (Å²) >= 11 is 3.44. The lowest BCUT2D eigenvalue weighted by atomic mass is 10.1. The van der Waals surface area contributed by atoms with Crippen LogP contribution in [0.3, 0.4) is 0 Å². The fourth-order valence-electron chi connectivity index (χ4n) is 1.02. The molecule has 1 aromatic carbocycles.